The number of phenols is 1. The molecule has 4 atom stereocenters. The summed E-state index contributed by atoms with van der Waals surface area (Å²) in [5.74, 6) is 1.84. The van der Waals surface area contributed by atoms with Gasteiger partial charge in [-0.3, -0.25) is 4.79 Å². The van der Waals surface area contributed by atoms with Gasteiger partial charge in [-0.15, -0.1) is 0 Å². The number of phenolic OH excluding ortho intramolecular Hbond substituents is 1. The summed E-state index contributed by atoms with van der Waals surface area (Å²) in [6, 6.07) is 12.4. The van der Waals surface area contributed by atoms with Crippen LogP contribution in [0.5, 0.6) is 17.2 Å². The van der Waals surface area contributed by atoms with Crippen LogP contribution in [-0.4, -0.2) is 54.9 Å². The molecular weight excluding hydrogens is 458 g/mol. The van der Waals surface area contributed by atoms with Gasteiger partial charge in [0.2, 0.25) is 5.91 Å². The summed E-state index contributed by atoms with van der Waals surface area (Å²) >= 11 is 0. The molecule has 1 amide bonds. The molecule has 0 spiro atoms. The third-order valence-electron chi connectivity index (χ3n) is 6.78. The number of methoxy groups -OCH3 is 1. The fourth-order valence-corrected chi connectivity index (χ4v) is 5.16. The number of rotatable bonds is 11. The molecular formula is C28H39N3O5. The molecule has 4 unspecified atom stereocenters. The van der Waals surface area contributed by atoms with Crippen LogP contribution in [0.25, 0.3) is 0 Å². The molecule has 196 valence electrons. The van der Waals surface area contributed by atoms with E-state index in [1.807, 2.05) is 49.1 Å². The highest BCUT2D eigenvalue weighted by molar-refractivity contribution is 5.86. The number of nitrogens with one attached hydrogen (secondary N) is 2. The number of amides is 1. The maximum absolute atomic E-state index is 13.6. The normalized spacial score (nSPS) is 23.5. The van der Waals surface area contributed by atoms with Crippen LogP contribution in [0, 0.1) is 11.8 Å². The molecule has 2 heterocycles. The number of aromatic hydroxyl groups is 1. The summed E-state index contributed by atoms with van der Waals surface area (Å²) < 4.78 is 17.4. The Balaban J connectivity index is 1.68. The van der Waals surface area contributed by atoms with Gasteiger partial charge >= 0.3 is 0 Å². The molecule has 0 aromatic heterocycles. The van der Waals surface area contributed by atoms with Gasteiger partial charge in [-0.25, -0.2) is 10.9 Å². The van der Waals surface area contributed by atoms with Gasteiger partial charge in [-0.1, -0.05) is 38.1 Å². The van der Waals surface area contributed by atoms with Gasteiger partial charge in [0.15, 0.2) is 11.5 Å². The Bertz CT molecular complexity index is 1040. The van der Waals surface area contributed by atoms with Crippen molar-refractivity contribution in [2.24, 2.45) is 11.8 Å². The van der Waals surface area contributed by atoms with Gasteiger partial charge in [-0.2, -0.15) is 0 Å². The predicted octanol–water partition coefficient (Wildman–Crippen LogP) is 3.97. The fraction of sp³-hybridized carbons (Fsp3) is 0.536. The highest BCUT2D eigenvalue weighted by atomic mass is 16.5. The number of hydrogen-bond acceptors (Lipinski definition) is 7. The highest BCUT2D eigenvalue weighted by Gasteiger charge is 2.55. The van der Waals surface area contributed by atoms with E-state index in [1.165, 1.54) is 0 Å². The number of ether oxygens (including phenoxy) is 3. The molecule has 8 heteroatoms. The number of likely N-dealkylation sites (tertiary alicyclic amines) is 1. The molecule has 2 saturated heterocycles. The molecule has 2 aromatic carbocycles. The first-order chi connectivity index (χ1) is 17.3. The van der Waals surface area contributed by atoms with Gasteiger partial charge in [0.05, 0.1) is 31.9 Å². The Morgan fingerprint density at radius 1 is 1.03 bits per heavy atom. The van der Waals surface area contributed by atoms with Crippen molar-refractivity contribution in [3.8, 4) is 17.2 Å². The van der Waals surface area contributed by atoms with E-state index in [0.29, 0.717) is 37.2 Å². The largest absolute Gasteiger partial charge is 0.508 e. The van der Waals surface area contributed by atoms with E-state index in [2.05, 4.69) is 24.7 Å². The number of hydrogen-bond donors (Lipinski definition) is 3. The van der Waals surface area contributed by atoms with Crippen LogP contribution in [0.1, 0.15) is 57.3 Å². The Kier molecular flexibility index (Phi) is 8.39. The standard InChI is InChI=1S/C28H39N3O5/c1-17(2)16-36-22-12-11-19(15-23(22)34-5)27-24-25(20-9-6-7-10-21(20)32)29-30-26(24)28(33)31(27)13-8-14-35-18(3)4/h6-7,9-12,15,17-18,24-27,29-30,32H,8,13-14,16H2,1-5H3. The van der Waals surface area contributed by atoms with Crippen molar-refractivity contribution in [1.82, 2.24) is 15.8 Å². The summed E-state index contributed by atoms with van der Waals surface area (Å²) in [6.45, 7) is 9.98. The first-order valence-corrected chi connectivity index (χ1v) is 12.8. The van der Waals surface area contributed by atoms with Crippen LogP contribution in [0.2, 0.25) is 0 Å². The molecule has 8 nitrogen and oxygen atoms in total. The Hall–Kier alpha value is -2.81. The first kappa shape index (κ1) is 26.3. The molecule has 0 radical (unpaired) electrons. The zero-order valence-corrected chi connectivity index (χ0v) is 21.9. The second kappa shape index (κ2) is 11.5. The van der Waals surface area contributed by atoms with E-state index in [4.69, 9.17) is 14.2 Å². The van der Waals surface area contributed by atoms with Crippen molar-refractivity contribution in [2.75, 3.05) is 26.9 Å². The molecule has 36 heavy (non-hydrogen) atoms. The maximum Gasteiger partial charge on any atom is 0.242 e. The van der Waals surface area contributed by atoms with Gasteiger partial charge in [0, 0.05) is 24.6 Å². The topological polar surface area (TPSA) is 92.3 Å². The zero-order chi connectivity index (χ0) is 25.8. The molecule has 0 bridgehead atoms. The lowest BCUT2D eigenvalue weighted by molar-refractivity contribution is -0.131. The minimum absolute atomic E-state index is 0.0408. The van der Waals surface area contributed by atoms with Crippen LogP contribution >= 0.6 is 0 Å². The molecule has 2 fully saturated rings. The van der Waals surface area contributed by atoms with Crippen molar-refractivity contribution >= 4 is 5.91 Å². The van der Waals surface area contributed by atoms with Crippen LogP contribution in [0.3, 0.4) is 0 Å². The van der Waals surface area contributed by atoms with Crippen molar-refractivity contribution < 1.29 is 24.1 Å². The third-order valence-corrected chi connectivity index (χ3v) is 6.78. The minimum Gasteiger partial charge on any atom is -0.508 e. The lowest BCUT2D eigenvalue weighted by Gasteiger charge is -2.32. The second-order valence-corrected chi connectivity index (χ2v) is 10.2. The number of hydrazine groups is 1. The van der Waals surface area contributed by atoms with E-state index in [-0.39, 0.29) is 35.8 Å². The summed E-state index contributed by atoms with van der Waals surface area (Å²) in [6.07, 6.45) is 0.884. The van der Waals surface area contributed by atoms with Crippen LogP contribution in [0.4, 0.5) is 0 Å². The summed E-state index contributed by atoms with van der Waals surface area (Å²) in [5.41, 5.74) is 8.24. The smallest absolute Gasteiger partial charge is 0.242 e. The van der Waals surface area contributed by atoms with Gasteiger partial charge in [0.25, 0.3) is 0 Å². The molecule has 0 saturated carbocycles. The Morgan fingerprint density at radius 3 is 2.47 bits per heavy atom. The van der Waals surface area contributed by atoms with Gasteiger partial charge in [-0.05, 0) is 49.9 Å². The van der Waals surface area contributed by atoms with Crippen LogP contribution in [-0.2, 0) is 9.53 Å². The van der Waals surface area contributed by atoms with E-state index in [9.17, 15) is 9.90 Å². The number of nitrogens with zero attached hydrogens (tertiary/aromatic N) is 1. The minimum atomic E-state index is -0.409. The third kappa shape index (κ3) is 5.45. The van der Waals surface area contributed by atoms with E-state index in [0.717, 1.165) is 17.5 Å². The van der Waals surface area contributed by atoms with Crippen molar-refractivity contribution in [2.45, 2.75) is 58.3 Å². The molecule has 3 N–H and O–H groups in total. The summed E-state index contributed by atoms with van der Waals surface area (Å²) in [7, 11) is 1.63. The van der Waals surface area contributed by atoms with Crippen LogP contribution in [0.15, 0.2) is 42.5 Å². The van der Waals surface area contributed by atoms with Crippen LogP contribution < -0.4 is 20.3 Å². The number of carbonyl (C=O) groups is 1. The average molecular weight is 498 g/mol. The van der Waals surface area contributed by atoms with Crippen molar-refractivity contribution in [3.63, 3.8) is 0 Å². The molecule has 0 aliphatic carbocycles. The molecule has 2 aromatic rings. The Labute approximate surface area is 213 Å². The fourth-order valence-electron chi connectivity index (χ4n) is 5.16. The van der Waals surface area contributed by atoms with Crippen molar-refractivity contribution in [1.29, 1.82) is 0 Å². The SMILES string of the molecule is COc1cc(C2C3C(NNC3c3ccccc3O)C(=O)N2CCCOC(C)C)ccc1OCC(C)C. The quantitative estimate of drug-likeness (QED) is 0.405. The number of benzene rings is 2. The van der Waals surface area contributed by atoms with E-state index < -0.39 is 6.04 Å². The van der Waals surface area contributed by atoms with E-state index >= 15 is 0 Å². The highest BCUT2D eigenvalue weighted by Crippen LogP contribution is 2.49. The van der Waals surface area contributed by atoms with Gasteiger partial charge in [0.1, 0.15) is 11.8 Å². The van der Waals surface area contributed by atoms with E-state index in [1.54, 1.807) is 19.2 Å². The molecule has 4 rings (SSSR count). The average Bonchev–Trinajstić information content (AvgIpc) is 3.39. The number of carbonyl (C=O) groups excluding carboxylic acids is 1. The Morgan fingerprint density at radius 2 is 1.78 bits per heavy atom. The monoisotopic (exact) mass is 497 g/mol. The predicted molar refractivity (Wildman–Crippen MR) is 138 cm³/mol. The lowest BCUT2D eigenvalue weighted by atomic mass is 9.83. The zero-order valence-electron chi connectivity index (χ0n) is 21.9. The second-order valence-electron chi connectivity index (χ2n) is 10.2. The van der Waals surface area contributed by atoms with Gasteiger partial charge < -0.3 is 24.2 Å². The molecule has 2 aliphatic rings. The summed E-state index contributed by atoms with van der Waals surface area (Å²) in [4.78, 5) is 15.6. The maximum atomic E-state index is 13.6. The van der Waals surface area contributed by atoms with Crippen molar-refractivity contribution in [3.05, 3.63) is 53.6 Å². The molecule has 2 aliphatic heterocycles. The lowest BCUT2D eigenvalue weighted by Crippen LogP contribution is -2.41. The number of para-hydroxylation sites is 1. The first-order valence-electron chi connectivity index (χ1n) is 12.8. The number of fused-ring (bicyclic) bond motifs is 1. The summed E-state index contributed by atoms with van der Waals surface area (Å²) in [5, 5.41) is 10.6.